The van der Waals surface area contributed by atoms with Crippen LogP contribution in [0.4, 0.5) is 0 Å². The lowest BCUT2D eigenvalue weighted by Crippen LogP contribution is -2.32. The molecule has 0 heterocycles. The van der Waals surface area contributed by atoms with E-state index in [0.29, 0.717) is 11.1 Å². The van der Waals surface area contributed by atoms with Gasteiger partial charge in [0.2, 0.25) is 0 Å². The van der Waals surface area contributed by atoms with E-state index >= 15 is 0 Å². The molecule has 0 fully saturated rings. The first kappa shape index (κ1) is 11.3. The summed E-state index contributed by atoms with van der Waals surface area (Å²) in [5, 5.41) is 27.3. The van der Waals surface area contributed by atoms with Gasteiger partial charge < -0.3 is 21.1 Å². The number of carboxylic acid groups (broad SMARTS) is 1. The van der Waals surface area contributed by atoms with Crippen molar-refractivity contribution in [2.75, 3.05) is 0 Å². The molecule has 0 saturated carbocycles. The van der Waals surface area contributed by atoms with Crippen molar-refractivity contribution in [2.45, 2.75) is 19.4 Å². The number of rotatable bonds is 3. The minimum Gasteiger partial charge on any atom is -0.508 e. The van der Waals surface area contributed by atoms with Crippen LogP contribution >= 0.6 is 0 Å². The lowest BCUT2D eigenvalue weighted by atomic mass is 10.00. The second kappa shape index (κ2) is 4.18. The monoisotopic (exact) mass is 211 g/mol. The van der Waals surface area contributed by atoms with E-state index in [-0.39, 0.29) is 17.9 Å². The Hall–Kier alpha value is -1.75. The number of aromatic hydroxyl groups is 2. The predicted molar refractivity (Wildman–Crippen MR) is 53.8 cm³/mol. The molecule has 1 aromatic rings. The molecule has 15 heavy (non-hydrogen) atoms. The van der Waals surface area contributed by atoms with Gasteiger partial charge in [-0.3, -0.25) is 4.79 Å². The minimum atomic E-state index is -1.12. The zero-order valence-corrected chi connectivity index (χ0v) is 8.27. The summed E-state index contributed by atoms with van der Waals surface area (Å²) >= 11 is 0. The van der Waals surface area contributed by atoms with E-state index in [4.69, 9.17) is 15.9 Å². The first-order chi connectivity index (χ1) is 6.91. The van der Waals surface area contributed by atoms with Gasteiger partial charge in [0.15, 0.2) is 0 Å². The molecule has 5 nitrogen and oxygen atoms in total. The van der Waals surface area contributed by atoms with Gasteiger partial charge in [-0.25, -0.2) is 0 Å². The van der Waals surface area contributed by atoms with Crippen molar-refractivity contribution in [3.05, 3.63) is 23.3 Å². The van der Waals surface area contributed by atoms with Crippen LogP contribution < -0.4 is 5.73 Å². The third kappa shape index (κ3) is 2.60. The number of phenols is 2. The van der Waals surface area contributed by atoms with E-state index in [1.807, 2.05) is 0 Å². The highest BCUT2D eigenvalue weighted by Gasteiger charge is 2.16. The average Bonchev–Trinajstić information content (AvgIpc) is 2.10. The lowest BCUT2D eigenvalue weighted by Gasteiger charge is -2.11. The number of phenolic OH excluding ortho intramolecular Hbond substituents is 2. The van der Waals surface area contributed by atoms with Crippen LogP contribution in [0.1, 0.15) is 11.1 Å². The van der Waals surface area contributed by atoms with Crippen LogP contribution in [0.3, 0.4) is 0 Å². The van der Waals surface area contributed by atoms with E-state index in [1.54, 1.807) is 6.92 Å². The maximum absolute atomic E-state index is 10.5. The van der Waals surface area contributed by atoms with E-state index in [2.05, 4.69) is 0 Å². The molecule has 0 aliphatic carbocycles. The van der Waals surface area contributed by atoms with Crippen LogP contribution in [0.2, 0.25) is 0 Å². The largest absolute Gasteiger partial charge is 0.508 e. The van der Waals surface area contributed by atoms with Crippen LogP contribution in [0, 0.1) is 6.92 Å². The molecule has 0 aliphatic rings. The minimum absolute atomic E-state index is 0.0350. The second-order valence-electron chi connectivity index (χ2n) is 3.41. The summed E-state index contributed by atoms with van der Waals surface area (Å²) in [6.45, 7) is 1.67. The average molecular weight is 211 g/mol. The zero-order chi connectivity index (χ0) is 11.6. The Bertz CT molecular complexity index is 366. The first-order valence-electron chi connectivity index (χ1n) is 4.41. The van der Waals surface area contributed by atoms with Crippen molar-refractivity contribution in [3.63, 3.8) is 0 Å². The number of aryl methyl sites for hydroxylation is 1. The summed E-state index contributed by atoms with van der Waals surface area (Å²) in [4.78, 5) is 10.5. The van der Waals surface area contributed by atoms with Crippen molar-refractivity contribution in [1.29, 1.82) is 0 Å². The Morgan fingerprint density at radius 1 is 1.47 bits per heavy atom. The third-order valence-electron chi connectivity index (χ3n) is 2.18. The van der Waals surface area contributed by atoms with Crippen molar-refractivity contribution in [3.8, 4) is 11.5 Å². The summed E-state index contributed by atoms with van der Waals surface area (Å²) in [7, 11) is 0. The highest BCUT2D eigenvalue weighted by Crippen LogP contribution is 2.27. The van der Waals surface area contributed by atoms with Gasteiger partial charge in [0.1, 0.15) is 17.5 Å². The number of carbonyl (C=O) groups is 1. The summed E-state index contributed by atoms with van der Waals surface area (Å²) < 4.78 is 0. The predicted octanol–water partition coefficient (Wildman–Crippen LogP) is 0.361. The molecular weight excluding hydrogens is 198 g/mol. The van der Waals surface area contributed by atoms with Gasteiger partial charge in [0.05, 0.1) is 0 Å². The molecule has 0 radical (unpaired) electrons. The molecule has 0 amide bonds. The van der Waals surface area contributed by atoms with Crippen molar-refractivity contribution in [2.24, 2.45) is 5.73 Å². The zero-order valence-electron chi connectivity index (χ0n) is 8.27. The van der Waals surface area contributed by atoms with Gasteiger partial charge in [-0.2, -0.15) is 0 Å². The van der Waals surface area contributed by atoms with Gasteiger partial charge in [0.25, 0.3) is 0 Å². The Morgan fingerprint density at radius 2 is 2.07 bits per heavy atom. The van der Waals surface area contributed by atoms with Crippen LogP contribution in [0.25, 0.3) is 0 Å². The molecule has 1 aromatic carbocycles. The molecular formula is C10H13NO4. The fraction of sp³-hybridized carbons (Fsp3) is 0.300. The molecule has 0 saturated heterocycles. The second-order valence-corrected chi connectivity index (χ2v) is 3.41. The Morgan fingerprint density at radius 3 is 2.53 bits per heavy atom. The van der Waals surface area contributed by atoms with E-state index in [0.717, 1.165) is 6.07 Å². The summed E-state index contributed by atoms with van der Waals surface area (Å²) in [5.41, 5.74) is 6.41. The molecule has 82 valence electrons. The van der Waals surface area contributed by atoms with Crippen LogP contribution in [-0.4, -0.2) is 27.3 Å². The van der Waals surface area contributed by atoms with Crippen LogP contribution in [-0.2, 0) is 11.2 Å². The van der Waals surface area contributed by atoms with Gasteiger partial charge >= 0.3 is 5.97 Å². The normalized spacial score (nSPS) is 12.4. The van der Waals surface area contributed by atoms with E-state index in [9.17, 15) is 9.90 Å². The molecule has 0 spiro atoms. The molecule has 5 heteroatoms. The maximum Gasteiger partial charge on any atom is 0.320 e. The van der Waals surface area contributed by atoms with Crippen LogP contribution in [0.15, 0.2) is 12.1 Å². The third-order valence-corrected chi connectivity index (χ3v) is 2.18. The lowest BCUT2D eigenvalue weighted by molar-refractivity contribution is -0.138. The number of aliphatic carboxylic acids is 1. The number of hydrogen-bond donors (Lipinski definition) is 4. The first-order valence-corrected chi connectivity index (χ1v) is 4.41. The Kier molecular flexibility index (Phi) is 3.16. The number of carboxylic acids is 1. The maximum atomic E-state index is 10.5. The fourth-order valence-electron chi connectivity index (χ4n) is 1.35. The summed E-state index contributed by atoms with van der Waals surface area (Å²) in [6, 6.07) is 1.56. The SMILES string of the molecule is Cc1cc(O)cc(O)c1CC(N)C(=O)O. The summed E-state index contributed by atoms with van der Waals surface area (Å²) in [6.07, 6.45) is 0.0350. The molecule has 0 aromatic heterocycles. The van der Waals surface area contributed by atoms with E-state index < -0.39 is 12.0 Å². The van der Waals surface area contributed by atoms with Crippen LogP contribution in [0.5, 0.6) is 11.5 Å². The molecule has 5 N–H and O–H groups in total. The van der Waals surface area contributed by atoms with Gasteiger partial charge in [0, 0.05) is 12.5 Å². The fourth-order valence-corrected chi connectivity index (χ4v) is 1.35. The molecule has 0 bridgehead atoms. The van der Waals surface area contributed by atoms with Crippen molar-refractivity contribution in [1.82, 2.24) is 0 Å². The Balaban J connectivity index is 3.00. The molecule has 1 unspecified atom stereocenters. The van der Waals surface area contributed by atoms with Gasteiger partial charge in [-0.15, -0.1) is 0 Å². The smallest absolute Gasteiger partial charge is 0.320 e. The Labute approximate surface area is 86.8 Å². The molecule has 0 aliphatic heterocycles. The van der Waals surface area contributed by atoms with Gasteiger partial charge in [-0.05, 0) is 24.1 Å². The quantitative estimate of drug-likeness (QED) is 0.578. The summed E-state index contributed by atoms with van der Waals surface area (Å²) in [5.74, 6) is -1.32. The van der Waals surface area contributed by atoms with Crippen molar-refractivity contribution >= 4 is 5.97 Å². The molecule has 1 rings (SSSR count). The van der Waals surface area contributed by atoms with Crippen molar-refractivity contribution < 1.29 is 20.1 Å². The highest BCUT2D eigenvalue weighted by molar-refractivity contribution is 5.73. The van der Waals surface area contributed by atoms with Gasteiger partial charge in [-0.1, -0.05) is 0 Å². The van der Waals surface area contributed by atoms with E-state index in [1.165, 1.54) is 6.07 Å². The number of nitrogens with two attached hydrogens (primary N) is 1. The molecule has 1 atom stereocenters. The number of benzene rings is 1. The topological polar surface area (TPSA) is 104 Å². The standard InChI is InChI=1S/C10H13NO4/c1-5-2-6(12)3-9(13)7(5)4-8(11)10(14)15/h2-3,8,12-13H,4,11H2,1H3,(H,14,15). The number of hydrogen-bond acceptors (Lipinski definition) is 4. The highest BCUT2D eigenvalue weighted by atomic mass is 16.4.